The van der Waals surface area contributed by atoms with Crippen molar-refractivity contribution in [1.82, 2.24) is 0 Å². The molecule has 0 aliphatic rings. The van der Waals surface area contributed by atoms with Crippen molar-refractivity contribution in [1.29, 1.82) is 0 Å². The number of carbonyl (C=O) groups excluding carboxylic acids is 2. The van der Waals surface area contributed by atoms with Crippen LogP contribution in [0.3, 0.4) is 0 Å². The molecule has 5 nitrogen and oxygen atoms in total. The molecule has 0 fully saturated rings. The molecule has 1 heterocycles. The molecule has 0 atom stereocenters. The second-order valence-corrected chi connectivity index (χ2v) is 7.55. The number of amides is 2. The number of rotatable bonds is 7. The zero-order chi connectivity index (χ0) is 19.4. The summed E-state index contributed by atoms with van der Waals surface area (Å²) in [7, 11) is 0. The average molecular weight is 382 g/mol. The van der Waals surface area contributed by atoms with Gasteiger partial charge in [0.25, 0.3) is 5.91 Å². The van der Waals surface area contributed by atoms with Crippen LogP contribution < -0.4 is 15.8 Å². The van der Waals surface area contributed by atoms with Crippen molar-refractivity contribution in [2.45, 2.75) is 26.7 Å². The highest BCUT2D eigenvalue weighted by Crippen LogP contribution is 2.32. The van der Waals surface area contributed by atoms with Gasteiger partial charge in [0, 0.05) is 16.7 Å². The van der Waals surface area contributed by atoms with Crippen LogP contribution in [-0.2, 0) is 4.79 Å². The zero-order valence-corrected chi connectivity index (χ0v) is 16.2. The van der Waals surface area contributed by atoms with E-state index in [1.165, 1.54) is 11.3 Å². The topological polar surface area (TPSA) is 81.4 Å². The van der Waals surface area contributed by atoms with Crippen LogP contribution in [0, 0.1) is 13.8 Å². The van der Waals surface area contributed by atoms with Crippen LogP contribution in [0.15, 0.2) is 42.5 Å². The van der Waals surface area contributed by atoms with Crippen LogP contribution in [0.2, 0.25) is 0 Å². The van der Waals surface area contributed by atoms with E-state index in [1.54, 1.807) is 0 Å². The minimum absolute atomic E-state index is 0.153. The van der Waals surface area contributed by atoms with E-state index in [-0.39, 0.29) is 5.91 Å². The third-order valence-electron chi connectivity index (χ3n) is 4.44. The normalized spacial score (nSPS) is 10.7. The molecule has 27 heavy (non-hydrogen) atoms. The van der Waals surface area contributed by atoms with Crippen LogP contribution in [0.5, 0.6) is 5.75 Å². The summed E-state index contributed by atoms with van der Waals surface area (Å²) in [6, 6.07) is 13.9. The molecule has 140 valence electrons. The second-order valence-electron chi connectivity index (χ2n) is 6.33. The second kappa shape index (κ2) is 8.22. The number of carbonyl (C=O) groups is 2. The van der Waals surface area contributed by atoms with Crippen LogP contribution in [0.4, 0.5) is 5.00 Å². The van der Waals surface area contributed by atoms with Crippen molar-refractivity contribution in [2.75, 3.05) is 11.9 Å². The fourth-order valence-corrected chi connectivity index (χ4v) is 4.02. The monoisotopic (exact) mass is 382 g/mol. The van der Waals surface area contributed by atoms with Gasteiger partial charge in [-0.2, -0.15) is 0 Å². The molecule has 0 bridgehead atoms. The minimum Gasteiger partial charge on any atom is -0.493 e. The van der Waals surface area contributed by atoms with E-state index in [0.29, 0.717) is 30.0 Å². The Morgan fingerprint density at radius 1 is 1.11 bits per heavy atom. The van der Waals surface area contributed by atoms with E-state index in [9.17, 15) is 9.59 Å². The standard InChI is InChI=1S/C21H22N2O3S/c1-13-14(2)27-21(19(13)20(22)25)23-18(24)11-6-12-26-17-10-5-8-15-7-3-4-9-16(15)17/h3-5,7-10H,6,11-12H2,1-2H3,(H2,22,25)(H,23,24). The molecule has 6 heteroatoms. The predicted octanol–water partition coefficient (Wildman–Crippen LogP) is 4.41. The summed E-state index contributed by atoms with van der Waals surface area (Å²) < 4.78 is 5.85. The van der Waals surface area contributed by atoms with Gasteiger partial charge in [-0.1, -0.05) is 36.4 Å². The lowest BCUT2D eigenvalue weighted by Crippen LogP contribution is -2.17. The van der Waals surface area contributed by atoms with E-state index in [0.717, 1.165) is 27.0 Å². The van der Waals surface area contributed by atoms with Crippen LogP contribution in [-0.4, -0.2) is 18.4 Å². The van der Waals surface area contributed by atoms with E-state index >= 15 is 0 Å². The molecule has 1 aromatic heterocycles. The smallest absolute Gasteiger partial charge is 0.251 e. The van der Waals surface area contributed by atoms with Gasteiger partial charge < -0.3 is 15.8 Å². The highest BCUT2D eigenvalue weighted by molar-refractivity contribution is 7.16. The number of hydrogen-bond donors (Lipinski definition) is 2. The van der Waals surface area contributed by atoms with Gasteiger partial charge in [0.1, 0.15) is 10.8 Å². The molecule has 3 rings (SSSR count). The van der Waals surface area contributed by atoms with Crippen molar-refractivity contribution < 1.29 is 14.3 Å². The summed E-state index contributed by atoms with van der Waals surface area (Å²) in [5.41, 5.74) is 6.65. The van der Waals surface area contributed by atoms with E-state index in [1.807, 2.05) is 56.3 Å². The van der Waals surface area contributed by atoms with E-state index in [2.05, 4.69) is 5.32 Å². The summed E-state index contributed by atoms with van der Waals surface area (Å²) >= 11 is 1.37. The molecule has 0 spiro atoms. The number of nitrogens with one attached hydrogen (secondary N) is 1. The Kier molecular flexibility index (Phi) is 5.76. The fourth-order valence-electron chi connectivity index (χ4n) is 2.94. The summed E-state index contributed by atoms with van der Waals surface area (Å²) in [5.74, 6) is 0.140. The van der Waals surface area contributed by atoms with Gasteiger partial charge in [0.05, 0.1) is 12.2 Å². The van der Waals surface area contributed by atoms with Crippen molar-refractivity contribution >= 4 is 38.9 Å². The number of ether oxygens (including phenoxy) is 1. The summed E-state index contributed by atoms with van der Waals surface area (Å²) in [6.45, 7) is 4.17. The largest absolute Gasteiger partial charge is 0.493 e. The molecular formula is C21H22N2O3S. The summed E-state index contributed by atoms with van der Waals surface area (Å²) in [4.78, 5) is 24.8. The molecule has 0 aliphatic heterocycles. The molecule has 0 aliphatic carbocycles. The molecule has 0 saturated carbocycles. The zero-order valence-electron chi connectivity index (χ0n) is 15.4. The SMILES string of the molecule is Cc1sc(NC(=O)CCCOc2cccc3ccccc23)c(C(N)=O)c1C. The molecule has 2 aromatic carbocycles. The molecule has 0 unspecified atom stereocenters. The summed E-state index contributed by atoms with van der Waals surface area (Å²) in [6.07, 6.45) is 0.878. The highest BCUT2D eigenvalue weighted by Gasteiger charge is 2.18. The van der Waals surface area contributed by atoms with Crippen molar-refractivity contribution in [2.24, 2.45) is 5.73 Å². The van der Waals surface area contributed by atoms with Crippen LogP contribution in [0.1, 0.15) is 33.6 Å². The molecule has 0 saturated heterocycles. The van der Waals surface area contributed by atoms with Gasteiger partial charge in [-0.3, -0.25) is 9.59 Å². The third-order valence-corrected chi connectivity index (χ3v) is 5.56. The minimum atomic E-state index is -0.522. The summed E-state index contributed by atoms with van der Waals surface area (Å²) in [5, 5.41) is 5.51. The number of hydrogen-bond acceptors (Lipinski definition) is 4. The first-order valence-electron chi connectivity index (χ1n) is 8.77. The van der Waals surface area contributed by atoms with Crippen LogP contribution in [0.25, 0.3) is 10.8 Å². The molecule has 2 amide bonds. The van der Waals surface area contributed by atoms with E-state index < -0.39 is 5.91 Å². The number of nitrogens with two attached hydrogens (primary N) is 1. The maximum absolute atomic E-state index is 12.2. The van der Waals surface area contributed by atoms with Gasteiger partial charge in [0.15, 0.2) is 0 Å². The van der Waals surface area contributed by atoms with Gasteiger partial charge >= 0.3 is 0 Å². The number of fused-ring (bicyclic) bond motifs is 1. The van der Waals surface area contributed by atoms with Crippen LogP contribution >= 0.6 is 11.3 Å². The van der Waals surface area contributed by atoms with Crippen molar-refractivity contribution in [3.8, 4) is 5.75 Å². The Labute approximate surface area is 162 Å². The average Bonchev–Trinajstić information content (AvgIpc) is 2.92. The maximum atomic E-state index is 12.2. The fraction of sp³-hybridized carbons (Fsp3) is 0.238. The Bertz CT molecular complexity index is 989. The lowest BCUT2D eigenvalue weighted by molar-refractivity contribution is -0.116. The van der Waals surface area contributed by atoms with Gasteiger partial charge in [-0.15, -0.1) is 11.3 Å². The number of primary amides is 1. The van der Waals surface area contributed by atoms with Crippen molar-refractivity contribution in [3.63, 3.8) is 0 Å². The number of aryl methyl sites for hydroxylation is 1. The third kappa shape index (κ3) is 4.28. The lowest BCUT2D eigenvalue weighted by Gasteiger charge is -2.09. The first-order chi connectivity index (χ1) is 13.0. The molecular weight excluding hydrogens is 360 g/mol. The van der Waals surface area contributed by atoms with Gasteiger partial charge in [-0.05, 0) is 37.3 Å². The van der Waals surface area contributed by atoms with E-state index in [4.69, 9.17) is 10.5 Å². The Hall–Kier alpha value is -2.86. The highest BCUT2D eigenvalue weighted by atomic mass is 32.1. The number of anilines is 1. The number of benzene rings is 2. The lowest BCUT2D eigenvalue weighted by atomic mass is 10.1. The molecule has 0 radical (unpaired) electrons. The van der Waals surface area contributed by atoms with Gasteiger partial charge in [0.2, 0.25) is 5.91 Å². The van der Waals surface area contributed by atoms with Crippen molar-refractivity contribution in [3.05, 3.63) is 58.5 Å². The number of thiophene rings is 1. The Morgan fingerprint density at radius 3 is 2.63 bits per heavy atom. The maximum Gasteiger partial charge on any atom is 0.251 e. The molecule has 3 N–H and O–H groups in total. The quantitative estimate of drug-likeness (QED) is 0.594. The Balaban J connectivity index is 1.55. The first kappa shape index (κ1) is 18.9. The molecule has 3 aromatic rings. The predicted molar refractivity (Wildman–Crippen MR) is 110 cm³/mol. The van der Waals surface area contributed by atoms with Gasteiger partial charge in [-0.25, -0.2) is 0 Å². The first-order valence-corrected chi connectivity index (χ1v) is 9.59. The Morgan fingerprint density at radius 2 is 1.85 bits per heavy atom.